The summed E-state index contributed by atoms with van der Waals surface area (Å²) in [6.07, 6.45) is 94.5. The molecule has 0 saturated heterocycles. The van der Waals surface area contributed by atoms with Gasteiger partial charge in [0.05, 0.1) is 0 Å². The van der Waals surface area contributed by atoms with Gasteiger partial charge in [-0.2, -0.15) is 0 Å². The van der Waals surface area contributed by atoms with Crippen molar-refractivity contribution in [2.45, 2.75) is 303 Å². The topological polar surface area (TPSA) is 78.9 Å². The molecule has 0 rings (SSSR count). The van der Waals surface area contributed by atoms with E-state index in [-0.39, 0.29) is 31.1 Å². The van der Waals surface area contributed by atoms with Gasteiger partial charge >= 0.3 is 17.9 Å². The lowest BCUT2D eigenvalue weighted by molar-refractivity contribution is -0.167. The molecular formula is C74H122O6. The van der Waals surface area contributed by atoms with Gasteiger partial charge in [-0.25, -0.2) is 0 Å². The summed E-state index contributed by atoms with van der Waals surface area (Å²) >= 11 is 0. The highest BCUT2D eigenvalue weighted by atomic mass is 16.6. The third-order valence-electron chi connectivity index (χ3n) is 13.9. The molecule has 0 spiro atoms. The van der Waals surface area contributed by atoms with Crippen molar-refractivity contribution in [3.05, 3.63) is 134 Å². The van der Waals surface area contributed by atoms with Crippen LogP contribution >= 0.6 is 0 Å². The highest BCUT2D eigenvalue weighted by Gasteiger charge is 2.19. The molecule has 0 fully saturated rings. The molecule has 0 aliphatic heterocycles. The third-order valence-corrected chi connectivity index (χ3v) is 13.9. The molecule has 0 aliphatic rings. The van der Waals surface area contributed by atoms with E-state index < -0.39 is 6.10 Å². The predicted molar refractivity (Wildman–Crippen MR) is 348 cm³/mol. The van der Waals surface area contributed by atoms with Crippen molar-refractivity contribution in [1.82, 2.24) is 0 Å². The SMILES string of the molecule is CC/C=C\C/C=C\C/C=C\C/C=C\C/C=C\C/C=C\C/C=C\CCCCCCCC(=O)OCC(COC(=O)CCCCCC/C=C\C/C=C\C/C=C\C/C=C\CC)OC(=O)CCCCCCCCCCCCCCCCCCCC. The molecule has 6 heteroatoms. The average Bonchev–Trinajstić information content (AvgIpc) is 3.46. The summed E-state index contributed by atoms with van der Waals surface area (Å²) in [4.78, 5) is 38.4. The maximum Gasteiger partial charge on any atom is 0.306 e. The Morgan fingerprint density at radius 1 is 0.263 bits per heavy atom. The molecule has 0 bridgehead atoms. The largest absolute Gasteiger partial charge is 0.462 e. The van der Waals surface area contributed by atoms with Crippen molar-refractivity contribution in [3.8, 4) is 0 Å². The summed E-state index contributed by atoms with van der Waals surface area (Å²) in [6, 6.07) is 0. The molecule has 0 amide bonds. The molecule has 0 aromatic carbocycles. The first kappa shape index (κ1) is 75.5. The number of hydrogen-bond acceptors (Lipinski definition) is 6. The Morgan fingerprint density at radius 2 is 0.487 bits per heavy atom. The van der Waals surface area contributed by atoms with Gasteiger partial charge < -0.3 is 14.2 Å². The number of carbonyl (C=O) groups excluding carboxylic acids is 3. The van der Waals surface area contributed by atoms with E-state index in [9.17, 15) is 14.4 Å². The molecule has 0 aromatic rings. The minimum absolute atomic E-state index is 0.0980. The van der Waals surface area contributed by atoms with E-state index in [1.165, 1.54) is 96.3 Å². The van der Waals surface area contributed by atoms with E-state index in [1.54, 1.807) is 0 Å². The highest BCUT2D eigenvalue weighted by Crippen LogP contribution is 2.16. The van der Waals surface area contributed by atoms with Crippen LogP contribution in [0, 0.1) is 0 Å². The second kappa shape index (κ2) is 67.1. The van der Waals surface area contributed by atoms with Crippen LogP contribution in [0.1, 0.15) is 297 Å². The molecule has 454 valence electrons. The number of ether oxygens (including phenoxy) is 3. The van der Waals surface area contributed by atoms with Crippen molar-refractivity contribution >= 4 is 17.9 Å². The smallest absolute Gasteiger partial charge is 0.306 e. The lowest BCUT2D eigenvalue weighted by Crippen LogP contribution is -2.30. The van der Waals surface area contributed by atoms with Crippen molar-refractivity contribution in [3.63, 3.8) is 0 Å². The Hall–Kier alpha value is -4.45. The normalized spacial score (nSPS) is 13.0. The van der Waals surface area contributed by atoms with Crippen LogP contribution in [0.5, 0.6) is 0 Å². The van der Waals surface area contributed by atoms with Crippen LogP contribution in [0.25, 0.3) is 0 Å². The number of unbranched alkanes of at least 4 members (excludes halogenated alkanes) is 26. The fourth-order valence-electron chi connectivity index (χ4n) is 9.00. The van der Waals surface area contributed by atoms with Crippen LogP contribution in [0.4, 0.5) is 0 Å². The summed E-state index contributed by atoms with van der Waals surface area (Å²) < 4.78 is 16.9. The number of esters is 3. The molecule has 80 heavy (non-hydrogen) atoms. The summed E-state index contributed by atoms with van der Waals surface area (Å²) in [5, 5.41) is 0. The monoisotopic (exact) mass is 1110 g/mol. The second-order valence-electron chi connectivity index (χ2n) is 21.6. The van der Waals surface area contributed by atoms with E-state index in [2.05, 4.69) is 154 Å². The molecule has 1 atom stereocenters. The zero-order valence-electron chi connectivity index (χ0n) is 52.0. The number of rotatable bonds is 59. The molecule has 0 aliphatic carbocycles. The number of hydrogen-bond donors (Lipinski definition) is 0. The maximum absolute atomic E-state index is 12.9. The fraction of sp³-hybridized carbons (Fsp3) is 0.662. The van der Waals surface area contributed by atoms with E-state index >= 15 is 0 Å². The first-order chi connectivity index (χ1) is 39.5. The lowest BCUT2D eigenvalue weighted by Gasteiger charge is -2.18. The molecular weight excluding hydrogens is 985 g/mol. The van der Waals surface area contributed by atoms with Gasteiger partial charge in [0.1, 0.15) is 13.2 Å². The molecule has 0 aromatic heterocycles. The molecule has 0 saturated carbocycles. The maximum atomic E-state index is 12.9. The molecule has 0 heterocycles. The lowest BCUT2D eigenvalue weighted by atomic mass is 10.0. The average molecular weight is 1110 g/mol. The van der Waals surface area contributed by atoms with E-state index in [0.29, 0.717) is 19.3 Å². The highest BCUT2D eigenvalue weighted by molar-refractivity contribution is 5.71. The zero-order chi connectivity index (χ0) is 57.8. The zero-order valence-corrected chi connectivity index (χ0v) is 52.0. The van der Waals surface area contributed by atoms with Gasteiger partial charge in [-0.3, -0.25) is 14.4 Å². The summed E-state index contributed by atoms with van der Waals surface area (Å²) in [6.45, 7) is 6.40. The van der Waals surface area contributed by atoms with Crippen LogP contribution in [0.2, 0.25) is 0 Å². The van der Waals surface area contributed by atoms with Gasteiger partial charge in [0.25, 0.3) is 0 Å². The van der Waals surface area contributed by atoms with Gasteiger partial charge in [0.15, 0.2) is 6.10 Å². The summed E-state index contributed by atoms with van der Waals surface area (Å²) in [7, 11) is 0. The van der Waals surface area contributed by atoms with Gasteiger partial charge in [0.2, 0.25) is 0 Å². The quantitative estimate of drug-likeness (QED) is 0.0261. The minimum atomic E-state index is -0.801. The van der Waals surface area contributed by atoms with Crippen LogP contribution < -0.4 is 0 Å². The van der Waals surface area contributed by atoms with E-state index in [4.69, 9.17) is 14.2 Å². The standard InChI is InChI=1S/C74H122O6/c1-4-7-10-13-16-19-22-25-28-31-33-34-35-36-37-38-39-40-41-44-46-49-52-55-58-61-64-67-73(76)79-70-71(69-78-72(75)66-63-60-57-54-51-48-45-42-30-27-24-21-18-15-12-9-6-3)80-74(77)68-65-62-59-56-53-50-47-43-32-29-26-23-20-17-14-11-8-5-2/h7,9-10,12,16,18-19,21,25,27-28,30,33-34,36-37,39-40,44-46,48,71H,4-6,8,11,13-15,17,20,22-24,26,29,31-32,35,38,41-43,47,49-70H2,1-3H3/b10-7-,12-9-,19-16-,21-18-,28-25-,30-27-,34-33-,37-36-,40-39-,46-44-,48-45-. The van der Waals surface area contributed by atoms with Crippen molar-refractivity contribution in [2.24, 2.45) is 0 Å². The van der Waals surface area contributed by atoms with Crippen molar-refractivity contribution in [2.75, 3.05) is 13.2 Å². The fourth-order valence-corrected chi connectivity index (χ4v) is 9.00. The van der Waals surface area contributed by atoms with Gasteiger partial charge in [-0.05, 0) is 116 Å². The third kappa shape index (κ3) is 64.4. The van der Waals surface area contributed by atoms with Crippen LogP contribution in [-0.2, 0) is 28.6 Å². The molecule has 1 unspecified atom stereocenters. The van der Waals surface area contributed by atoms with Crippen LogP contribution in [-0.4, -0.2) is 37.2 Å². The van der Waals surface area contributed by atoms with E-state index in [1.807, 2.05) is 0 Å². The number of allylic oxidation sites excluding steroid dienone is 22. The molecule has 0 radical (unpaired) electrons. The van der Waals surface area contributed by atoms with Crippen LogP contribution in [0.3, 0.4) is 0 Å². The second-order valence-corrected chi connectivity index (χ2v) is 21.6. The van der Waals surface area contributed by atoms with Gasteiger partial charge in [-0.15, -0.1) is 0 Å². The Kier molecular flexibility index (Phi) is 63.3. The Labute approximate surface area is 494 Å². The van der Waals surface area contributed by atoms with E-state index in [0.717, 1.165) is 161 Å². The van der Waals surface area contributed by atoms with Gasteiger partial charge in [0, 0.05) is 19.3 Å². The Morgan fingerprint density at radius 3 is 0.762 bits per heavy atom. The predicted octanol–water partition coefficient (Wildman–Crippen LogP) is 22.9. The van der Waals surface area contributed by atoms with Crippen molar-refractivity contribution in [1.29, 1.82) is 0 Å². The minimum Gasteiger partial charge on any atom is -0.462 e. The first-order valence-electron chi connectivity index (χ1n) is 33.2. The summed E-state index contributed by atoms with van der Waals surface area (Å²) in [5.41, 5.74) is 0. The Balaban J connectivity index is 4.44. The molecule has 6 nitrogen and oxygen atoms in total. The van der Waals surface area contributed by atoms with Crippen molar-refractivity contribution < 1.29 is 28.6 Å². The Bertz CT molecular complexity index is 1700. The van der Waals surface area contributed by atoms with Gasteiger partial charge in [-0.1, -0.05) is 296 Å². The molecule has 0 N–H and O–H groups in total. The first-order valence-corrected chi connectivity index (χ1v) is 33.2. The summed E-state index contributed by atoms with van der Waals surface area (Å²) in [5.74, 6) is -0.931. The number of carbonyl (C=O) groups is 3. The van der Waals surface area contributed by atoms with Crippen LogP contribution in [0.15, 0.2) is 134 Å².